The van der Waals surface area contributed by atoms with Crippen molar-refractivity contribution in [3.8, 4) is 28.4 Å². The van der Waals surface area contributed by atoms with Crippen molar-refractivity contribution in [2.75, 3.05) is 13.2 Å². The van der Waals surface area contributed by atoms with Gasteiger partial charge < -0.3 is 28.7 Å². The molecule has 0 aliphatic carbocycles. The molecule has 0 fully saturated rings. The molecule has 0 bridgehead atoms. The first-order valence-electron chi connectivity index (χ1n) is 14.1. The molecule has 44 heavy (non-hydrogen) atoms. The molecule has 1 aromatic heterocycles. The molecule has 1 amide bonds. The highest BCUT2D eigenvalue weighted by Gasteiger charge is 2.25. The van der Waals surface area contributed by atoms with E-state index in [9.17, 15) is 14.4 Å². The summed E-state index contributed by atoms with van der Waals surface area (Å²) in [7, 11) is 0. The third kappa shape index (κ3) is 6.42. The number of hydrogen-bond acceptors (Lipinski definition) is 8. The van der Waals surface area contributed by atoms with Gasteiger partial charge in [0.15, 0.2) is 11.5 Å². The molecule has 2 heterocycles. The van der Waals surface area contributed by atoms with Gasteiger partial charge in [0.1, 0.15) is 43.0 Å². The van der Waals surface area contributed by atoms with Crippen molar-refractivity contribution >= 4 is 23.0 Å². The Balaban J connectivity index is 1.22. The van der Waals surface area contributed by atoms with E-state index in [1.807, 2.05) is 60.7 Å². The Morgan fingerprint density at radius 1 is 0.841 bits per heavy atom. The maximum absolute atomic E-state index is 13.5. The minimum Gasteiger partial charge on any atom is -0.486 e. The number of esters is 1. The summed E-state index contributed by atoms with van der Waals surface area (Å²) in [5, 5.41) is 2.95. The number of amides is 1. The second kappa shape index (κ2) is 12.7. The van der Waals surface area contributed by atoms with E-state index in [4.69, 9.17) is 23.4 Å². The molecule has 0 radical (unpaired) electrons. The maximum Gasteiger partial charge on any atom is 0.408 e. The molecule has 222 valence electrons. The fraction of sp³-hybridized carbons (Fsp3) is 0.171. The lowest BCUT2D eigenvalue weighted by molar-refractivity contribution is -0.136. The predicted octanol–water partition coefficient (Wildman–Crippen LogP) is 5.98. The second-order valence-electron chi connectivity index (χ2n) is 10.2. The van der Waals surface area contributed by atoms with Crippen molar-refractivity contribution in [2.24, 2.45) is 0 Å². The van der Waals surface area contributed by atoms with Crippen LogP contribution < -0.4 is 25.0 Å². The molecule has 1 N–H and O–H groups in total. The Morgan fingerprint density at radius 2 is 1.55 bits per heavy atom. The average molecular weight is 592 g/mol. The molecule has 0 saturated carbocycles. The van der Waals surface area contributed by atoms with Gasteiger partial charge in [-0.3, -0.25) is 4.79 Å². The summed E-state index contributed by atoms with van der Waals surface area (Å²) in [5.74, 6) is 1.05. The summed E-state index contributed by atoms with van der Waals surface area (Å²) in [4.78, 5) is 39.5. The van der Waals surface area contributed by atoms with Crippen LogP contribution in [0.4, 0.5) is 4.79 Å². The predicted molar refractivity (Wildman–Crippen MR) is 163 cm³/mol. The van der Waals surface area contributed by atoms with Gasteiger partial charge in [0.2, 0.25) is 5.43 Å². The van der Waals surface area contributed by atoms with Gasteiger partial charge in [-0.25, -0.2) is 9.59 Å². The van der Waals surface area contributed by atoms with Crippen molar-refractivity contribution in [3.63, 3.8) is 0 Å². The van der Waals surface area contributed by atoms with E-state index < -0.39 is 18.1 Å². The second-order valence-corrected chi connectivity index (χ2v) is 10.2. The van der Waals surface area contributed by atoms with Crippen molar-refractivity contribution in [3.05, 3.63) is 124 Å². The normalized spacial score (nSPS) is 12.8. The molecule has 0 unspecified atom stereocenters. The van der Waals surface area contributed by atoms with E-state index in [0.717, 1.165) is 11.1 Å². The van der Waals surface area contributed by atoms with Crippen LogP contribution in [-0.4, -0.2) is 31.3 Å². The van der Waals surface area contributed by atoms with Gasteiger partial charge in [-0.1, -0.05) is 66.7 Å². The van der Waals surface area contributed by atoms with Gasteiger partial charge in [0.25, 0.3) is 0 Å². The summed E-state index contributed by atoms with van der Waals surface area (Å²) in [6, 6.07) is 27.3. The van der Waals surface area contributed by atoms with Crippen LogP contribution in [0.5, 0.6) is 17.2 Å². The molecule has 5 aromatic rings. The third-order valence-corrected chi connectivity index (χ3v) is 7.16. The number of fused-ring (bicyclic) bond motifs is 2. The molecule has 0 saturated heterocycles. The average Bonchev–Trinajstić information content (AvgIpc) is 3.04. The Morgan fingerprint density at radius 3 is 2.30 bits per heavy atom. The Bertz CT molecular complexity index is 1870. The molecule has 6 rings (SSSR count). The fourth-order valence-corrected chi connectivity index (χ4v) is 5.02. The van der Waals surface area contributed by atoms with Crippen molar-refractivity contribution in [1.82, 2.24) is 5.32 Å². The number of nitrogens with one attached hydrogen (secondary N) is 1. The first-order chi connectivity index (χ1) is 21.4. The number of carbonyl (C=O) groups is 2. The lowest BCUT2D eigenvalue weighted by Gasteiger charge is -2.19. The minimum atomic E-state index is -1.04. The van der Waals surface area contributed by atoms with E-state index >= 15 is 0 Å². The molecule has 9 heteroatoms. The third-order valence-electron chi connectivity index (χ3n) is 7.16. The number of ether oxygens (including phenoxy) is 4. The van der Waals surface area contributed by atoms with Crippen LogP contribution in [0.15, 0.2) is 106 Å². The number of hydrogen-bond donors (Lipinski definition) is 1. The minimum absolute atomic E-state index is 0.0527. The van der Waals surface area contributed by atoms with Crippen molar-refractivity contribution < 1.29 is 33.0 Å². The summed E-state index contributed by atoms with van der Waals surface area (Å²) in [5.41, 5.74) is 2.71. The zero-order chi connectivity index (χ0) is 30.5. The lowest BCUT2D eigenvalue weighted by atomic mass is 10.0. The molecular formula is C35H29NO8. The molecule has 4 aromatic carbocycles. The van der Waals surface area contributed by atoms with Gasteiger partial charge in [-0.05, 0) is 47.9 Å². The van der Waals surface area contributed by atoms with Crippen LogP contribution in [0.2, 0.25) is 0 Å². The lowest BCUT2D eigenvalue weighted by Crippen LogP contribution is -2.44. The van der Waals surface area contributed by atoms with Gasteiger partial charge in [0.05, 0.1) is 10.9 Å². The quantitative estimate of drug-likeness (QED) is 0.173. The van der Waals surface area contributed by atoms with Crippen LogP contribution in [0.3, 0.4) is 0 Å². The number of rotatable bonds is 8. The van der Waals surface area contributed by atoms with Crippen molar-refractivity contribution in [1.29, 1.82) is 0 Å². The summed E-state index contributed by atoms with van der Waals surface area (Å²) < 4.78 is 28.3. The molecule has 1 aliphatic heterocycles. The van der Waals surface area contributed by atoms with Crippen LogP contribution >= 0.6 is 0 Å². The first-order valence-corrected chi connectivity index (χ1v) is 14.1. The summed E-state index contributed by atoms with van der Waals surface area (Å²) in [6.07, 6.45) is -0.570. The Labute approximate surface area is 252 Å². The molecule has 1 atom stereocenters. The van der Waals surface area contributed by atoms with Crippen molar-refractivity contribution in [2.45, 2.75) is 26.0 Å². The molecule has 1 aliphatic rings. The number of carbonyl (C=O) groups excluding carboxylic acids is 2. The van der Waals surface area contributed by atoms with Gasteiger partial charge in [0, 0.05) is 12.5 Å². The zero-order valence-electron chi connectivity index (χ0n) is 23.9. The van der Waals surface area contributed by atoms with E-state index in [0.29, 0.717) is 47.0 Å². The number of aryl methyl sites for hydroxylation is 1. The summed E-state index contributed by atoms with van der Waals surface area (Å²) in [6.45, 7) is 2.65. The largest absolute Gasteiger partial charge is 0.486 e. The van der Waals surface area contributed by atoms with Gasteiger partial charge in [-0.15, -0.1) is 0 Å². The molecule has 9 nitrogen and oxygen atoms in total. The van der Waals surface area contributed by atoms with Crippen LogP contribution in [0.25, 0.3) is 22.1 Å². The monoisotopic (exact) mass is 591 g/mol. The highest BCUT2D eigenvalue weighted by Crippen LogP contribution is 2.35. The standard InChI is InChI=1S/C35H29NO8/c1-22-32(25-12-15-29-31(19-25)41-17-16-40-29)33(37)27-14-13-26(20-30(27)43-22)44-34(38)28(18-23-8-4-2-5-9-23)36-35(39)42-21-24-10-6-3-7-11-24/h2-15,19-20,28H,16-18,21H2,1H3,(H,36,39)/t28-/m1/s1. The van der Waals surface area contributed by atoms with Gasteiger partial charge >= 0.3 is 12.1 Å². The van der Waals surface area contributed by atoms with Crippen LogP contribution in [0, 0.1) is 6.92 Å². The van der Waals surface area contributed by atoms with Gasteiger partial charge in [-0.2, -0.15) is 0 Å². The van der Waals surface area contributed by atoms with E-state index in [-0.39, 0.29) is 29.8 Å². The number of alkyl carbamates (subject to hydrolysis) is 1. The molecular weight excluding hydrogens is 562 g/mol. The maximum atomic E-state index is 13.5. The van der Waals surface area contributed by atoms with Crippen LogP contribution in [0.1, 0.15) is 16.9 Å². The highest BCUT2D eigenvalue weighted by molar-refractivity contribution is 5.87. The Kier molecular flexibility index (Phi) is 8.27. The Hall–Kier alpha value is -5.57. The smallest absolute Gasteiger partial charge is 0.408 e. The fourth-order valence-electron chi connectivity index (χ4n) is 5.02. The molecule has 0 spiro atoms. The SMILES string of the molecule is Cc1oc2cc(OC(=O)[C@@H](Cc3ccccc3)NC(=O)OCc3ccccc3)ccc2c(=O)c1-c1ccc2c(c1)OCCO2. The highest BCUT2D eigenvalue weighted by atomic mass is 16.6. The van der Waals surface area contributed by atoms with Crippen LogP contribution in [-0.2, 0) is 22.6 Å². The first kappa shape index (κ1) is 28.5. The van der Waals surface area contributed by atoms with E-state index in [1.54, 1.807) is 31.2 Å². The summed E-state index contributed by atoms with van der Waals surface area (Å²) >= 11 is 0. The van der Waals surface area contributed by atoms with E-state index in [2.05, 4.69) is 5.32 Å². The van der Waals surface area contributed by atoms with E-state index in [1.165, 1.54) is 12.1 Å². The topological polar surface area (TPSA) is 113 Å². The number of benzene rings is 4. The zero-order valence-corrected chi connectivity index (χ0v) is 23.9.